The Labute approximate surface area is 181 Å². The molecule has 2 aromatic rings. The van der Waals surface area contributed by atoms with Crippen molar-refractivity contribution in [2.45, 2.75) is 63.2 Å². The summed E-state index contributed by atoms with van der Waals surface area (Å²) >= 11 is 1.39. The van der Waals surface area contributed by atoms with E-state index in [0.29, 0.717) is 24.4 Å². The molecule has 0 radical (unpaired) electrons. The third kappa shape index (κ3) is 4.88. The number of fused-ring (bicyclic) bond motifs is 1. The third-order valence-electron chi connectivity index (χ3n) is 5.58. The first-order valence-electron chi connectivity index (χ1n) is 10.7. The summed E-state index contributed by atoms with van der Waals surface area (Å²) in [5, 5.41) is 16.0. The van der Waals surface area contributed by atoms with Gasteiger partial charge in [-0.15, -0.1) is 5.10 Å². The van der Waals surface area contributed by atoms with Gasteiger partial charge >= 0.3 is 0 Å². The molecule has 2 aliphatic rings. The lowest BCUT2D eigenvalue weighted by Gasteiger charge is -2.24. The van der Waals surface area contributed by atoms with Crippen LogP contribution in [0.15, 0.2) is 23.4 Å². The van der Waals surface area contributed by atoms with Crippen LogP contribution in [0, 0.1) is 5.92 Å². The zero-order valence-electron chi connectivity index (χ0n) is 17.5. The van der Waals surface area contributed by atoms with E-state index in [1.165, 1.54) is 24.6 Å². The van der Waals surface area contributed by atoms with Gasteiger partial charge in [0.05, 0.1) is 31.1 Å². The summed E-state index contributed by atoms with van der Waals surface area (Å²) in [6.45, 7) is 5.50. The molecule has 8 nitrogen and oxygen atoms in total. The van der Waals surface area contributed by atoms with Crippen molar-refractivity contribution in [2.24, 2.45) is 5.92 Å². The number of amides is 1. The van der Waals surface area contributed by atoms with Gasteiger partial charge in [0.1, 0.15) is 0 Å². The van der Waals surface area contributed by atoms with Crippen molar-refractivity contribution in [3.8, 4) is 11.5 Å². The number of carbonyl (C=O) groups excluding carboxylic acids is 1. The highest BCUT2D eigenvalue weighted by Gasteiger charge is 2.24. The van der Waals surface area contributed by atoms with E-state index in [2.05, 4.69) is 34.7 Å². The minimum Gasteiger partial charge on any atom is -0.490 e. The van der Waals surface area contributed by atoms with Gasteiger partial charge in [-0.2, -0.15) is 0 Å². The number of carbonyl (C=O) groups is 1. The molecule has 1 N–H and O–H groups in total. The molecular weight excluding hydrogens is 402 g/mol. The van der Waals surface area contributed by atoms with E-state index in [-0.39, 0.29) is 23.6 Å². The zero-order valence-corrected chi connectivity index (χ0v) is 18.4. The Balaban J connectivity index is 1.40. The molecule has 0 spiro atoms. The lowest BCUT2D eigenvalue weighted by molar-refractivity contribution is -0.119. The number of thioether (sulfide) groups is 1. The number of aromatic nitrogens is 4. The van der Waals surface area contributed by atoms with Crippen molar-refractivity contribution in [3.05, 3.63) is 23.8 Å². The van der Waals surface area contributed by atoms with Crippen molar-refractivity contribution in [2.75, 3.05) is 19.0 Å². The second-order valence-corrected chi connectivity index (χ2v) is 9.12. The van der Waals surface area contributed by atoms with Crippen LogP contribution in [0.2, 0.25) is 0 Å². The maximum atomic E-state index is 12.7. The molecular formula is C21H29N5O3S. The average Bonchev–Trinajstić information content (AvgIpc) is 3.37. The molecule has 2 heterocycles. The Morgan fingerprint density at radius 2 is 1.97 bits per heavy atom. The summed E-state index contributed by atoms with van der Waals surface area (Å²) in [5.41, 5.74) is 1.02. The van der Waals surface area contributed by atoms with Crippen molar-refractivity contribution in [3.63, 3.8) is 0 Å². The second kappa shape index (κ2) is 9.68. The number of benzene rings is 1. The first kappa shape index (κ1) is 21.0. The van der Waals surface area contributed by atoms with E-state index < -0.39 is 0 Å². The summed E-state index contributed by atoms with van der Waals surface area (Å²) in [5.74, 6) is 1.98. The minimum atomic E-state index is -0.110. The Bertz CT molecular complexity index is 866. The van der Waals surface area contributed by atoms with E-state index >= 15 is 0 Å². The van der Waals surface area contributed by atoms with Crippen LogP contribution in [-0.2, 0) is 4.79 Å². The molecule has 1 saturated carbocycles. The van der Waals surface area contributed by atoms with Crippen LogP contribution in [0.3, 0.4) is 0 Å². The SMILES string of the molecule is CC(C)[C@H](NC(=O)CSc1nnnn1C1CCCC1)c1ccc2c(c1)OCCCO2. The fraction of sp³-hybridized carbons (Fsp3) is 0.619. The Hall–Kier alpha value is -2.29. The Morgan fingerprint density at radius 3 is 2.73 bits per heavy atom. The summed E-state index contributed by atoms with van der Waals surface area (Å²) in [4.78, 5) is 12.7. The molecule has 1 aliphatic carbocycles. The largest absolute Gasteiger partial charge is 0.490 e. The maximum absolute atomic E-state index is 12.7. The van der Waals surface area contributed by atoms with E-state index in [1.807, 2.05) is 22.9 Å². The van der Waals surface area contributed by atoms with E-state index in [4.69, 9.17) is 9.47 Å². The number of nitrogens with zero attached hydrogens (tertiary/aromatic N) is 4. The molecule has 1 atom stereocenters. The first-order valence-corrected chi connectivity index (χ1v) is 11.7. The summed E-state index contributed by atoms with van der Waals surface area (Å²) in [6.07, 6.45) is 5.49. The van der Waals surface area contributed by atoms with Gasteiger partial charge in [0, 0.05) is 6.42 Å². The highest BCUT2D eigenvalue weighted by Crippen LogP contribution is 2.34. The molecule has 0 saturated heterocycles. The Morgan fingerprint density at radius 1 is 1.20 bits per heavy atom. The molecule has 0 unspecified atom stereocenters. The summed E-state index contributed by atoms with van der Waals surface area (Å²) in [7, 11) is 0. The van der Waals surface area contributed by atoms with Gasteiger partial charge in [0.25, 0.3) is 0 Å². The van der Waals surface area contributed by atoms with Gasteiger partial charge in [0.2, 0.25) is 11.1 Å². The van der Waals surface area contributed by atoms with Crippen molar-refractivity contribution in [1.29, 1.82) is 0 Å². The highest BCUT2D eigenvalue weighted by atomic mass is 32.2. The minimum absolute atomic E-state index is 0.0354. The third-order valence-corrected chi connectivity index (χ3v) is 6.51. The molecule has 1 aromatic carbocycles. The van der Waals surface area contributed by atoms with Gasteiger partial charge in [-0.3, -0.25) is 4.79 Å². The summed E-state index contributed by atoms with van der Waals surface area (Å²) in [6, 6.07) is 6.17. The van der Waals surface area contributed by atoms with Crippen molar-refractivity contribution in [1.82, 2.24) is 25.5 Å². The number of hydrogen-bond donors (Lipinski definition) is 1. The lowest BCUT2D eigenvalue weighted by atomic mass is 9.95. The molecule has 4 rings (SSSR count). The lowest BCUT2D eigenvalue weighted by Crippen LogP contribution is -2.33. The maximum Gasteiger partial charge on any atom is 0.230 e. The molecule has 1 aromatic heterocycles. The smallest absolute Gasteiger partial charge is 0.230 e. The van der Waals surface area contributed by atoms with Crippen molar-refractivity contribution >= 4 is 17.7 Å². The van der Waals surface area contributed by atoms with Crippen LogP contribution in [0.25, 0.3) is 0 Å². The van der Waals surface area contributed by atoms with Crippen LogP contribution in [0.1, 0.15) is 63.6 Å². The molecule has 30 heavy (non-hydrogen) atoms. The van der Waals surface area contributed by atoms with Gasteiger partial charge in [-0.1, -0.05) is 44.5 Å². The van der Waals surface area contributed by atoms with Crippen LogP contribution >= 0.6 is 11.8 Å². The van der Waals surface area contributed by atoms with Crippen LogP contribution in [-0.4, -0.2) is 45.1 Å². The average molecular weight is 432 g/mol. The predicted molar refractivity (Wildman–Crippen MR) is 114 cm³/mol. The summed E-state index contributed by atoms with van der Waals surface area (Å²) < 4.78 is 13.4. The fourth-order valence-electron chi connectivity index (χ4n) is 4.01. The van der Waals surface area contributed by atoms with E-state index in [0.717, 1.165) is 36.3 Å². The van der Waals surface area contributed by atoms with Gasteiger partial charge in [0.15, 0.2) is 11.5 Å². The number of hydrogen-bond acceptors (Lipinski definition) is 7. The number of rotatable bonds is 7. The van der Waals surface area contributed by atoms with E-state index in [1.54, 1.807) is 0 Å². The first-order chi connectivity index (χ1) is 14.6. The zero-order chi connectivity index (χ0) is 20.9. The normalized spacial score (nSPS) is 17.7. The molecule has 0 bridgehead atoms. The van der Waals surface area contributed by atoms with Gasteiger partial charge in [-0.05, 0) is 46.9 Å². The molecule has 162 valence electrons. The van der Waals surface area contributed by atoms with Gasteiger partial charge < -0.3 is 14.8 Å². The molecule has 1 amide bonds. The number of ether oxygens (including phenoxy) is 2. The van der Waals surface area contributed by atoms with Crippen LogP contribution in [0.5, 0.6) is 11.5 Å². The van der Waals surface area contributed by atoms with E-state index in [9.17, 15) is 4.79 Å². The monoisotopic (exact) mass is 431 g/mol. The van der Waals surface area contributed by atoms with Crippen LogP contribution in [0.4, 0.5) is 0 Å². The quantitative estimate of drug-likeness (QED) is 0.670. The number of nitrogens with one attached hydrogen (secondary N) is 1. The standard InChI is InChI=1S/C21H29N5O3S/c1-14(2)20(15-8-9-17-18(12-15)29-11-5-10-28-17)22-19(27)13-30-21-23-24-25-26(21)16-6-3-4-7-16/h8-9,12,14,16,20H,3-7,10-11,13H2,1-2H3,(H,22,27)/t20-/m0/s1. The topological polar surface area (TPSA) is 91.2 Å². The fourth-order valence-corrected chi connectivity index (χ4v) is 4.77. The highest BCUT2D eigenvalue weighted by molar-refractivity contribution is 7.99. The predicted octanol–water partition coefficient (Wildman–Crippen LogP) is 3.56. The van der Waals surface area contributed by atoms with Crippen LogP contribution < -0.4 is 14.8 Å². The molecule has 1 fully saturated rings. The number of tetrazole rings is 1. The van der Waals surface area contributed by atoms with Gasteiger partial charge in [-0.25, -0.2) is 4.68 Å². The molecule has 9 heteroatoms. The Kier molecular flexibility index (Phi) is 6.76. The van der Waals surface area contributed by atoms with Crippen molar-refractivity contribution < 1.29 is 14.3 Å². The second-order valence-electron chi connectivity index (χ2n) is 8.18. The molecule has 1 aliphatic heterocycles.